The molecule has 2 aliphatic rings. The molecule has 0 amide bonds. The van der Waals surface area contributed by atoms with Gasteiger partial charge < -0.3 is 24.1 Å². The van der Waals surface area contributed by atoms with E-state index in [-0.39, 0.29) is 31.0 Å². The minimum absolute atomic E-state index is 0.0194. The van der Waals surface area contributed by atoms with E-state index in [1.165, 1.54) is 0 Å². The van der Waals surface area contributed by atoms with E-state index in [0.717, 1.165) is 10.8 Å². The van der Waals surface area contributed by atoms with Gasteiger partial charge in [0.15, 0.2) is 11.6 Å². The van der Waals surface area contributed by atoms with Crippen molar-refractivity contribution in [1.29, 1.82) is 0 Å². The second kappa shape index (κ2) is 16.5. The lowest BCUT2D eigenvalue weighted by molar-refractivity contribution is -0.149. The van der Waals surface area contributed by atoms with E-state index in [0.29, 0.717) is 41.9 Å². The molecule has 2 unspecified atom stereocenters. The smallest absolute Gasteiger partial charge is 0.163 e. The highest BCUT2D eigenvalue weighted by Gasteiger charge is 2.43. The van der Waals surface area contributed by atoms with Crippen LogP contribution in [0.1, 0.15) is 95.9 Å². The van der Waals surface area contributed by atoms with Gasteiger partial charge in [0.05, 0.1) is 24.4 Å². The van der Waals surface area contributed by atoms with Gasteiger partial charge in [0.25, 0.3) is 0 Å². The molecule has 0 aliphatic carbocycles. The molecular formula is C32H59IO5. The van der Waals surface area contributed by atoms with Gasteiger partial charge in [0, 0.05) is 22.9 Å². The summed E-state index contributed by atoms with van der Waals surface area (Å²) in [5.74, 6) is 2.22. The molecule has 2 aliphatic heterocycles. The van der Waals surface area contributed by atoms with E-state index in [1.54, 1.807) is 0 Å². The summed E-state index contributed by atoms with van der Waals surface area (Å²) in [6, 6.07) is 0. The molecule has 6 heteroatoms. The normalized spacial score (nSPS) is 30.1. The summed E-state index contributed by atoms with van der Waals surface area (Å²) in [6.45, 7) is 25.9. The van der Waals surface area contributed by atoms with Gasteiger partial charge >= 0.3 is 0 Å². The Morgan fingerprint density at radius 1 is 0.632 bits per heavy atom. The first kappa shape index (κ1) is 36.0. The van der Waals surface area contributed by atoms with Crippen LogP contribution in [0.5, 0.6) is 0 Å². The zero-order valence-electron chi connectivity index (χ0n) is 26.4. The first-order chi connectivity index (χ1) is 17.5. The Morgan fingerprint density at radius 3 is 1.32 bits per heavy atom. The van der Waals surface area contributed by atoms with Gasteiger partial charge in [-0.2, -0.15) is 0 Å². The number of aliphatic hydroxyl groups excluding tert-OH is 1. The summed E-state index contributed by atoms with van der Waals surface area (Å²) in [5.41, 5.74) is 0. The molecule has 0 spiro atoms. The van der Waals surface area contributed by atoms with Crippen LogP contribution in [0.25, 0.3) is 0 Å². The molecular weight excluding hydrogens is 591 g/mol. The fourth-order valence-corrected chi connectivity index (χ4v) is 5.28. The number of rotatable bonds is 12. The number of alkyl halides is 1. The van der Waals surface area contributed by atoms with Crippen LogP contribution < -0.4 is 0 Å². The summed E-state index contributed by atoms with van der Waals surface area (Å²) in [7, 11) is 0. The molecule has 0 bridgehead atoms. The van der Waals surface area contributed by atoms with Crippen molar-refractivity contribution in [1.82, 2.24) is 0 Å². The average molecular weight is 651 g/mol. The summed E-state index contributed by atoms with van der Waals surface area (Å²) < 4.78 is 25.1. The Morgan fingerprint density at radius 2 is 1.00 bits per heavy atom. The molecule has 2 heterocycles. The highest BCUT2D eigenvalue weighted by atomic mass is 127. The first-order valence-corrected chi connectivity index (χ1v) is 16.3. The maximum Gasteiger partial charge on any atom is 0.163 e. The van der Waals surface area contributed by atoms with Crippen molar-refractivity contribution in [3.8, 4) is 0 Å². The van der Waals surface area contributed by atoms with Gasteiger partial charge in [0.1, 0.15) is 0 Å². The summed E-state index contributed by atoms with van der Waals surface area (Å²) >= 11 is 2.41. The van der Waals surface area contributed by atoms with Crippen molar-refractivity contribution in [2.24, 2.45) is 35.5 Å². The summed E-state index contributed by atoms with van der Waals surface area (Å²) in [5, 5.41) is 9.13. The van der Waals surface area contributed by atoms with E-state index in [2.05, 4.69) is 102 Å². The minimum atomic E-state index is -0.545. The van der Waals surface area contributed by atoms with Crippen molar-refractivity contribution in [3.63, 3.8) is 0 Å². The van der Waals surface area contributed by atoms with Crippen LogP contribution in [0.15, 0.2) is 24.3 Å². The second-order valence-electron chi connectivity index (χ2n) is 13.0. The van der Waals surface area contributed by atoms with Crippen molar-refractivity contribution in [3.05, 3.63) is 24.3 Å². The van der Waals surface area contributed by atoms with Crippen molar-refractivity contribution < 1.29 is 24.1 Å². The molecule has 1 N–H and O–H groups in total. The number of halogens is 1. The largest absolute Gasteiger partial charge is 0.396 e. The van der Waals surface area contributed by atoms with Gasteiger partial charge in [-0.25, -0.2) is 0 Å². The molecule has 2 rings (SSSR count). The highest BCUT2D eigenvalue weighted by Crippen LogP contribution is 2.35. The number of hydrogen-bond acceptors (Lipinski definition) is 5. The number of aliphatic hydroxyl groups is 1. The molecule has 8 atom stereocenters. The molecule has 5 nitrogen and oxygen atoms in total. The Bertz CT molecular complexity index is 657. The van der Waals surface area contributed by atoms with Crippen LogP contribution in [0.4, 0.5) is 0 Å². The SMILES string of the molecule is CC(C)[C@H](C)/C=C\C(C)[C@H]1OC(C)(C)O[C@H]1CCI.CC(C)[C@H](C)/C=C\C(C)[C@H]1OC(C)(C)O[C@H]1CCO. The zero-order valence-corrected chi connectivity index (χ0v) is 28.5. The molecule has 2 fully saturated rings. The zero-order chi connectivity index (χ0) is 29.3. The molecule has 0 aromatic heterocycles. The molecule has 2 saturated heterocycles. The van der Waals surface area contributed by atoms with Crippen LogP contribution in [-0.4, -0.2) is 52.1 Å². The Hall–Kier alpha value is 0.0100. The fraction of sp³-hybridized carbons (Fsp3) is 0.875. The van der Waals surface area contributed by atoms with Crippen LogP contribution >= 0.6 is 22.6 Å². The predicted molar refractivity (Wildman–Crippen MR) is 167 cm³/mol. The number of allylic oxidation sites excluding steroid dienone is 2. The number of hydrogen-bond donors (Lipinski definition) is 1. The van der Waals surface area contributed by atoms with Crippen LogP contribution in [0.2, 0.25) is 0 Å². The number of ether oxygens (including phenoxy) is 4. The molecule has 224 valence electrons. The third-order valence-corrected chi connectivity index (χ3v) is 8.45. The maximum atomic E-state index is 9.13. The van der Waals surface area contributed by atoms with E-state index in [1.807, 2.05) is 27.7 Å². The van der Waals surface area contributed by atoms with E-state index in [9.17, 15) is 0 Å². The lowest BCUT2D eigenvalue weighted by Crippen LogP contribution is -2.29. The van der Waals surface area contributed by atoms with Gasteiger partial charge in [-0.15, -0.1) is 0 Å². The maximum absolute atomic E-state index is 9.13. The van der Waals surface area contributed by atoms with Gasteiger partial charge in [-0.05, 0) is 64.2 Å². The van der Waals surface area contributed by atoms with Crippen LogP contribution in [0, 0.1) is 35.5 Å². The van der Waals surface area contributed by atoms with Crippen LogP contribution in [0.3, 0.4) is 0 Å². The van der Waals surface area contributed by atoms with Gasteiger partial charge in [-0.3, -0.25) is 0 Å². The lowest BCUT2D eigenvalue weighted by atomic mass is 9.93. The molecule has 0 aromatic rings. The topological polar surface area (TPSA) is 57.2 Å². The summed E-state index contributed by atoms with van der Waals surface area (Å²) in [4.78, 5) is 0. The van der Waals surface area contributed by atoms with Gasteiger partial charge in [0.2, 0.25) is 0 Å². The van der Waals surface area contributed by atoms with Gasteiger partial charge in [-0.1, -0.05) is 102 Å². The summed E-state index contributed by atoms with van der Waals surface area (Å²) in [6.07, 6.45) is 11.2. The fourth-order valence-electron chi connectivity index (χ4n) is 4.66. The molecule has 0 aromatic carbocycles. The van der Waals surface area contributed by atoms with Crippen molar-refractivity contribution in [2.75, 3.05) is 11.0 Å². The molecule has 0 saturated carbocycles. The standard InChI is InChI=1S/C16H29IO2.C16H30O3/c2*1-11(2)12(3)7-8-13(4)15-14(9-10-17)18-16(5,6)19-15/h7-8,11-15H,9-10H2,1-6H3;7-8,11-15,17H,9-10H2,1-6H3/b2*8-7-/t2*12-,13?,14+,15-/m11/s1. The average Bonchev–Trinajstić information content (AvgIpc) is 3.30. The van der Waals surface area contributed by atoms with Crippen molar-refractivity contribution >= 4 is 22.6 Å². The third-order valence-electron chi connectivity index (χ3n) is 7.83. The van der Waals surface area contributed by atoms with E-state index in [4.69, 9.17) is 24.1 Å². The second-order valence-corrected chi connectivity index (χ2v) is 14.0. The molecule has 0 radical (unpaired) electrons. The van der Waals surface area contributed by atoms with E-state index >= 15 is 0 Å². The highest BCUT2D eigenvalue weighted by molar-refractivity contribution is 14.1. The monoisotopic (exact) mass is 650 g/mol. The van der Waals surface area contributed by atoms with E-state index < -0.39 is 11.6 Å². The van der Waals surface area contributed by atoms with Crippen molar-refractivity contribution in [2.45, 2.75) is 132 Å². The minimum Gasteiger partial charge on any atom is -0.396 e. The first-order valence-electron chi connectivity index (χ1n) is 14.8. The third kappa shape index (κ3) is 12.3. The lowest BCUT2D eigenvalue weighted by Gasteiger charge is -2.21. The Labute approximate surface area is 248 Å². The molecule has 38 heavy (non-hydrogen) atoms. The predicted octanol–water partition coefficient (Wildman–Crippen LogP) is 8.19. The Kier molecular flexibility index (Phi) is 15.6. The van der Waals surface area contributed by atoms with Crippen LogP contribution in [-0.2, 0) is 18.9 Å². The Balaban J connectivity index is 0.000000380. The quantitative estimate of drug-likeness (QED) is 0.131.